The Balaban J connectivity index is 0.00000242. The van der Waals surface area contributed by atoms with Crippen molar-refractivity contribution in [2.45, 2.75) is 25.7 Å². The summed E-state index contributed by atoms with van der Waals surface area (Å²) in [5.41, 5.74) is 1.16. The van der Waals surface area contributed by atoms with Crippen molar-refractivity contribution in [3.63, 3.8) is 0 Å². The Kier molecular flexibility index (Phi) is 8.28. The molecule has 4 nitrogen and oxygen atoms in total. The van der Waals surface area contributed by atoms with E-state index in [4.69, 9.17) is 4.74 Å². The van der Waals surface area contributed by atoms with Crippen molar-refractivity contribution < 1.29 is 9.53 Å². The molecule has 1 aromatic rings. The summed E-state index contributed by atoms with van der Waals surface area (Å²) in [6, 6.07) is 7.96. The van der Waals surface area contributed by atoms with Crippen molar-refractivity contribution >= 4 is 18.3 Å². The molecule has 1 N–H and O–H groups in total. The van der Waals surface area contributed by atoms with Crippen LogP contribution in [0.15, 0.2) is 24.3 Å². The van der Waals surface area contributed by atoms with Crippen LogP contribution >= 0.6 is 12.4 Å². The first-order valence-electron chi connectivity index (χ1n) is 7.78. The van der Waals surface area contributed by atoms with Crippen LogP contribution in [0.4, 0.5) is 0 Å². The fourth-order valence-electron chi connectivity index (χ4n) is 2.91. The van der Waals surface area contributed by atoms with Gasteiger partial charge in [-0.05, 0) is 56.5 Å². The normalized spacial score (nSPS) is 15.3. The molecule has 0 bridgehead atoms. The van der Waals surface area contributed by atoms with Crippen molar-refractivity contribution in [1.29, 1.82) is 0 Å². The number of nitrogens with zero attached hydrogens (tertiary/aromatic N) is 1. The number of benzene rings is 1. The Morgan fingerprint density at radius 1 is 1.36 bits per heavy atom. The van der Waals surface area contributed by atoms with Gasteiger partial charge in [-0.3, -0.25) is 4.79 Å². The van der Waals surface area contributed by atoms with Crippen molar-refractivity contribution in [2.24, 2.45) is 5.92 Å². The lowest BCUT2D eigenvalue weighted by Gasteiger charge is -2.32. The van der Waals surface area contributed by atoms with Crippen LogP contribution < -0.4 is 10.1 Å². The second kappa shape index (κ2) is 9.70. The SMILES string of the molecule is CNCC1CCN(C(=O)CCc2cccc(OC)c2)CC1.Cl. The van der Waals surface area contributed by atoms with E-state index in [1.54, 1.807) is 7.11 Å². The zero-order chi connectivity index (χ0) is 15.1. The molecule has 0 saturated carbocycles. The number of hydrogen-bond donors (Lipinski definition) is 1. The van der Waals surface area contributed by atoms with Gasteiger partial charge in [-0.25, -0.2) is 0 Å². The largest absolute Gasteiger partial charge is 0.497 e. The van der Waals surface area contributed by atoms with Crippen molar-refractivity contribution in [2.75, 3.05) is 33.8 Å². The second-order valence-corrected chi connectivity index (χ2v) is 5.73. The first-order chi connectivity index (χ1) is 10.2. The highest BCUT2D eigenvalue weighted by Crippen LogP contribution is 2.18. The molecule has 1 heterocycles. The number of aryl methyl sites for hydroxylation is 1. The van der Waals surface area contributed by atoms with Crippen LogP contribution in [0.3, 0.4) is 0 Å². The average molecular weight is 327 g/mol. The van der Waals surface area contributed by atoms with Gasteiger partial charge >= 0.3 is 0 Å². The van der Waals surface area contributed by atoms with E-state index in [-0.39, 0.29) is 18.3 Å². The van der Waals surface area contributed by atoms with Crippen LogP contribution in [0.25, 0.3) is 0 Å². The van der Waals surface area contributed by atoms with Crippen molar-refractivity contribution in [3.8, 4) is 5.75 Å². The van der Waals surface area contributed by atoms with Gasteiger partial charge in [0.05, 0.1) is 7.11 Å². The molecule has 0 spiro atoms. The lowest BCUT2D eigenvalue weighted by atomic mass is 9.96. The second-order valence-electron chi connectivity index (χ2n) is 5.73. The molecule has 0 aromatic heterocycles. The van der Waals surface area contributed by atoms with Crippen molar-refractivity contribution in [1.82, 2.24) is 10.2 Å². The van der Waals surface area contributed by atoms with E-state index in [0.717, 1.165) is 56.1 Å². The van der Waals surface area contributed by atoms with Crippen LogP contribution in [0, 0.1) is 5.92 Å². The highest BCUT2D eigenvalue weighted by molar-refractivity contribution is 5.85. The number of ether oxygens (including phenoxy) is 1. The van der Waals surface area contributed by atoms with Gasteiger partial charge in [0.2, 0.25) is 5.91 Å². The minimum Gasteiger partial charge on any atom is -0.497 e. The third-order valence-corrected chi connectivity index (χ3v) is 4.22. The molecule has 124 valence electrons. The number of likely N-dealkylation sites (tertiary alicyclic amines) is 1. The number of halogens is 1. The fourth-order valence-corrected chi connectivity index (χ4v) is 2.91. The molecule has 1 saturated heterocycles. The van der Waals surface area contributed by atoms with E-state index in [2.05, 4.69) is 11.4 Å². The number of carbonyl (C=O) groups excluding carboxylic acids is 1. The van der Waals surface area contributed by atoms with Gasteiger partial charge in [-0.1, -0.05) is 12.1 Å². The van der Waals surface area contributed by atoms with Gasteiger partial charge in [-0.2, -0.15) is 0 Å². The Hall–Kier alpha value is -1.26. The maximum absolute atomic E-state index is 12.3. The van der Waals surface area contributed by atoms with E-state index in [9.17, 15) is 4.79 Å². The Morgan fingerprint density at radius 2 is 2.09 bits per heavy atom. The number of hydrogen-bond acceptors (Lipinski definition) is 3. The maximum Gasteiger partial charge on any atom is 0.222 e. The Bertz CT molecular complexity index is 460. The molecule has 2 rings (SSSR count). The van der Waals surface area contributed by atoms with E-state index >= 15 is 0 Å². The Labute approximate surface area is 139 Å². The van der Waals surface area contributed by atoms with Crippen LogP contribution in [-0.4, -0.2) is 44.6 Å². The number of rotatable bonds is 6. The minimum atomic E-state index is 0. The van der Waals surface area contributed by atoms with Crippen LogP contribution in [0.1, 0.15) is 24.8 Å². The van der Waals surface area contributed by atoms with Crippen LogP contribution in [-0.2, 0) is 11.2 Å². The molecule has 0 radical (unpaired) electrons. The average Bonchev–Trinajstić information content (AvgIpc) is 2.54. The third-order valence-electron chi connectivity index (χ3n) is 4.22. The van der Waals surface area contributed by atoms with E-state index in [1.165, 1.54) is 0 Å². The summed E-state index contributed by atoms with van der Waals surface area (Å²) in [7, 11) is 3.66. The molecule has 0 atom stereocenters. The van der Waals surface area contributed by atoms with Crippen LogP contribution in [0.5, 0.6) is 5.75 Å². The number of nitrogens with one attached hydrogen (secondary N) is 1. The quantitative estimate of drug-likeness (QED) is 0.873. The molecule has 0 unspecified atom stereocenters. The van der Waals surface area contributed by atoms with Gasteiger partial charge in [0.15, 0.2) is 0 Å². The molecule has 1 fully saturated rings. The molecule has 5 heteroatoms. The van der Waals surface area contributed by atoms with E-state index < -0.39 is 0 Å². The van der Waals surface area contributed by atoms with Crippen molar-refractivity contribution in [3.05, 3.63) is 29.8 Å². The van der Waals surface area contributed by atoms with Crippen LogP contribution in [0.2, 0.25) is 0 Å². The predicted octanol–water partition coefficient (Wildman–Crippen LogP) is 2.51. The summed E-state index contributed by atoms with van der Waals surface area (Å²) in [5.74, 6) is 1.85. The summed E-state index contributed by atoms with van der Waals surface area (Å²) >= 11 is 0. The van der Waals surface area contributed by atoms with Gasteiger partial charge in [0.25, 0.3) is 0 Å². The lowest BCUT2D eigenvalue weighted by Crippen LogP contribution is -2.40. The summed E-state index contributed by atoms with van der Waals surface area (Å²) < 4.78 is 5.21. The molecule has 1 aromatic carbocycles. The summed E-state index contributed by atoms with van der Waals surface area (Å²) in [4.78, 5) is 14.3. The zero-order valence-corrected chi connectivity index (χ0v) is 14.3. The first kappa shape index (κ1) is 18.8. The number of carbonyl (C=O) groups is 1. The number of methoxy groups -OCH3 is 1. The summed E-state index contributed by atoms with van der Waals surface area (Å²) in [5, 5.41) is 3.22. The van der Waals surface area contributed by atoms with E-state index in [0.29, 0.717) is 6.42 Å². The number of piperidine rings is 1. The molecule has 0 aliphatic carbocycles. The van der Waals surface area contributed by atoms with Gasteiger partial charge in [0.1, 0.15) is 5.75 Å². The fraction of sp³-hybridized carbons (Fsp3) is 0.588. The topological polar surface area (TPSA) is 41.6 Å². The summed E-state index contributed by atoms with van der Waals surface area (Å²) in [6.45, 7) is 2.87. The van der Waals surface area contributed by atoms with Gasteiger partial charge in [0, 0.05) is 19.5 Å². The van der Waals surface area contributed by atoms with Gasteiger partial charge in [-0.15, -0.1) is 12.4 Å². The molecule has 1 amide bonds. The molecular weight excluding hydrogens is 300 g/mol. The third kappa shape index (κ3) is 5.50. The van der Waals surface area contributed by atoms with E-state index in [1.807, 2.05) is 30.1 Å². The Morgan fingerprint density at radius 3 is 2.73 bits per heavy atom. The highest BCUT2D eigenvalue weighted by Gasteiger charge is 2.21. The smallest absolute Gasteiger partial charge is 0.222 e. The lowest BCUT2D eigenvalue weighted by molar-refractivity contribution is -0.132. The monoisotopic (exact) mass is 326 g/mol. The zero-order valence-electron chi connectivity index (χ0n) is 13.5. The maximum atomic E-state index is 12.3. The molecule has 1 aliphatic rings. The molecule has 1 aliphatic heterocycles. The van der Waals surface area contributed by atoms with Gasteiger partial charge < -0.3 is 15.0 Å². The highest BCUT2D eigenvalue weighted by atomic mass is 35.5. The molecular formula is C17H27ClN2O2. The summed E-state index contributed by atoms with van der Waals surface area (Å²) in [6.07, 6.45) is 3.60. The number of amides is 1. The standard InChI is InChI=1S/C17H26N2O2.ClH/c1-18-13-15-8-10-19(11-9-15)17(20)7-6-14-4-3-5-16(12-14)21-2;/h3-5,12,15,18H,6-11,13H2,1-2H3;1H. The first-order valence-corrected chi connectivity index (χ1v) is 7.78. The molecule has 22 heavy (non-hydrogen) atoms. The minimum absolute atomic E-state index is 0. The predicted molar refractivity (Wildman–Crippen MR) is 91.8 cm³/mol.